The Bertz CT molecular complexity index is 640. The Morgan fingerprint density at radius 1 is 1.15 bits per heavy atom. The topological polar surface area (TPSA) is 33.6 Å². The monoisotopic (exact) mass is 284 g/mol. The zero-order chi connectivity index (χ0) is 13.9. The highest BCUT2D eigenvalue weighted by molar-refractivity contribution is 8.14. The quantitative estimate of drug-likeness (QED) is 0.933. The molecule has 102 valence electrons. The molecule has 0 radical (unpaired) electrons. The summed E-state index contributed by atoms with van der Waals surface area (Å²) in [7, 11) is 1.69. The molecule has 0 spiro atoms. The van der Waals surface area contributed by atoms with E-state index >= 15 is 0 Å². The molecule has 2 aromatic carbocycles. The molecule has 4 heteroatoms. The number of hydrogen-bond donors (Lipinski definition) is 1. The molecule has 1 N–H and O–H groups in total. The van der Waals surface area contributed by atoms with E-state index in [4.69, 9.17) is 4.74 Å². The average molecular weight is 284 g/mol. The van der Waals surface area contributed by atoms with E-state index in [1.807, 2.05) is 24.3 Å². The van der Waals surface area contributed by atoms with Crippen molar-refractivity contribution in [3.8, 4) is 5.75 Å². The number of benzene rings is 2. The molecule has 1 heterocycles. The van der Waals surface area contributed by atoms with Crippen molar-refractivity contribution in [1.29, 1.82) is 0 Å². The van der Waals surface area contributed by atoms with Gasteiger partial charge in [-0.2, -0.15) is 5.10 Å². The van der Waals surface area contributed by atoms with Gasteiger partial charge in [-0.15, -0.1) is 0 Å². The first-order chi connectivity index (χ1) is 9.78. The van der Waals surface area contributed by atoms with Gasteiger partial charge in [0, 0.05) is 5.56 Å². The second kappa shape index (κ2) is 5.59. The molecule has 0 fully saturated rings. The SMILES string of the molecule is COc1ccc([C@H]2NN=C(c3ccccc3)S2)c(C)c1. The molecule has 0 saturated heterocycles. The van der Waals surface area contributed by atoms with Crippen LogP contribution in [0, 0.1) is 6.92 Å². The summed E-state index contributed by atoms with van der Waals surface area (Å²) in [6, 6.07) is 16.4. The van der Waals surface area contributed by atoms with Crippen molar-refractivity contribution in [3.05, 3.63) is 65.2 Å². The van der Waals surface area contributed by atoms with Crippen LogP contribution in [-0.2, 0) is 0 Å². The molecule has 0 bridgehead atoms. The summed E-state index contributed by atoms with van der Waals surface area (Å²) < 4.78 is 5.25. The highest BCUT2D eigenvalue weighted by Gasteiger charge is 2.23. The van der Waals surface area contributed by atoms with E-state index in [0.717, 1.165) is 16.4 Å². The van der Waals surface area contributed by atoms with Crippen LogP contribution in [0.3, 0.4) is 0 Å². The normalized spacial score (nSPS) is 17.5. The highest BCUT2D eigenvalue weighted by Crippen LogP contribution is 2.36. The Labute approximate surface area is 123 Å². The summed E-state index contributed by atoms with van der Waals surface area (Å²) in [6.07, 6.45) is 0. The Morgan fingerprint density at radius 2 is 1.95 bits per heavy atom. The first kappa shape index (κ1) is 13.1. The third kappa shape index (κ3) is 2.51. The van der Waals surface area contributed by atoms with E-state index < -0.39 is 0 Å². The maximum absolute atomic E-state index is 5.25. The minimum Gasteiger partial charge on any atom is -0.497 e. The second-order valence-electron chi connectivity index (χ2n) is 4.63. The van der Waals surface area contributed by atoms with Gasteiger partial charge in [-0.25, -0.2) is 0 Å². The summed E-state index contributed by atoms with van der Waals surface area (Å²) in [5, 5.41) is 5.64. The van der Waals surface area contributed by atoms with Crippen LogP contribution in [0.4, 0.5) is 0 Å². The fraction of sp³-hybridized carbons (Fsp3) is 0.188. The molecular formula is C16H16N2OS. The molecule has 1 atom stereocenters. The molecule has 0 aromatic heterocycles. The number of nitrogens with one attached hydrogen (secondary N) is 1. The first-order valence-electron chi connectivity index (χ1n) is 6.48. The average Bonchev–Trinajstić information content (AvgIpc) is 2.97. The van der Waals surface area contributed by atoms with Crippen LogP contribution in [-0.4, -0.2) is 12.2 Å². The number of methoxy groups -OCH3 is 1. The Hall–Kier alpha value is -1.94. The van der Waals surface area contributed by atoms with Crippen LogP contribution in [0.2, 0.25) is 0 Å². The fourth-order valence-electron chi connectivity index (χ4n) is 2.20. The van der Waals surface area contributed by atoms with Crippen molar-refractivity contribution < 1.29 is 4.74 Å². The molecule has 0 saturated carbocycles. The number of ether oxygens (including phenoxy) is 1. The van der Waals surface area contributed by atoms with Crippen molar-refractivity contribution in [1.82, 2.24) is 5.43 Å². The van der Waals surface area contributed by atoms with Gasteiger partial charge in [0.05, 0.1) is 7.11 Å². The van der Waals surface area contributed by atoms with Crippen LogP contribution in [0.25, 0.3) is 0 Å². The van der Waals surface area contributed by atoms with E-state index in [9.17, 15) is 0 Å². The lowest BCUT2D eigenvalue weighted by molar-refractivity contribution is 0.414. The molecule has 1 aliphatic heterocycles. The van der Waals surface area contributed by atoms with Gasteiger partial charge in [-0.05, 0) is 30.2 Å². The summed E-state index contributed by atoms with van der Waals surface area (Å²) in [5.74, 6) is 0.887. The van der Waals surface area contributed by atoms with Crippen LogP contribution < -0.4 is 10.2 Å². The van der Waals surface area contributed by atoms with Gasteiger partial charge in [0.1, 0.15) is 16.2 Å². The Morgan fingerprint density at radius 3 is 2.65 bits per heavy atom. The number of nitrogens with zero attached hydrogens (tertiary/aromatic N) is 1. The molecule has 1 aliphatic rings. The van der Waals surface area contributed by atoms with Crippen molar-refractivity contribution in [2.24, 2.45) is 5.10 Å². The molecular weight excluding hydrogens is 268 g/mol. The van der Waals surface area contributed by atoms with Crippen LogP contribution in [0.15, 0.2) is 53.6 Å². The Balaban J connectivity index is 1.79. The van der Waals surface area contributed by atoms with E-state index in [1.54, 1.807) is 18.9 Å². The number of hydrazone groups is 1. The third-order valence-corrected chi connectivity index (χ3v) is 4.44. The van der Waals surface area contributed by atoms with Gasteiger partial charge in [0.25, 0.3) is 0 Å². The zero-order valence-electron chi connectivity index (χ0n) is 11.5. The minimum absolute atomic E-state index is 0.163. The summed E-state index contributed by atoms with van der Waals surface area (Å²) in [5.41, 5.74) is 6.81. The largest absolute Gasteiger partial charge is 0.497 e. The fourth-order valence-corrected chi connectivity index (χ4v) is 3.29. The van der Waals surface area contributed by atoms with E-state index in [0.29, 0.717) is 0 Å². The van der Waals surface area contributed by atoms with E-state index in [-0.39, 0.29) is 5.37 Å². The first-order valence-corrected chi connectivity index (χ1v) is 7.36. The molecule has 0 aliphatic carbocycles. The number of rotatable bonds is 3. The molecule has 3 nitrogen and oxygen atoms in total. The summed E-state index contributed by atoms with van der Waals surface area (Å²) >= 11 is 1.74. The molecule has 3 rings (SSSR count). The standard InChI is InChI=1S/C16H16N2OS/c1-11-10-13(19-2)8-9-14(11)16-18-17-15(20-16)12-6-4-3-5-7-12/h3-10,16,18H,1-2H3/t16-/m0/s1. The molecule has 2 aromatic rings. The maximum atomic E-state index is 5.25. The molecule has 20 heavy (non-hydrogen) atoms. The number of aryl methyl sites for hydroxylation is 1. The zero-order valence-corrected chi connectivity index (χ0v) is 12.3. The van der Waals surface area contributed by atoms with Gasteiger partial charge < -0.3 is 4.74 Å². The van der Waals surface area contributed by atoms with Crippen LogP contribution >= 0.6 is 11.8 Å². The predicted molar refractivity (Wildman–Crippen MR) is 84.2 cm³/mol. The van der Waals surface area contributed by atoms with Crippen LogP contribution in [0.5, 0.6) is 5.75 Å². The molecule has 0 unspecified atom stereocenters. The maximum Gasteiger partial charge on any atom is 0.126 e. The summed E-state index contributed by atoms with van der Waals surface area (Å²) in [4.78, 5) is 0. The van der Waals surface area contributed by atoms with Gasteiger partial charge >= 0.3 is 0 Å². The predicted octanol–water partition coefficient (Wildman–Crippen LogP) is 3.70. The van der Waals surface area contributed by atoms with Crippen molar-refractivity contribution in [3.63, 3.8) is 0 Å². The lowest BCUT2D eigenvalue weighted by Gasteiger charge is -2.13. The minimum atomic E-state index is 0.163. The summed E-state index contributed by atoms with van der Waals surface area (Å²) in [6.45, 7) is 2.10. The van der Waals surface area contributed by atoms with Gasteiger partial charge in [0.15, 0.2) is 0 Å². The van der Waals surface area contributed by atoms with Gasteiger partial charge in [-0.1, -0.05) is 48.2 Å². The smallest absolute Gasteiger partial charge is 0.126 e. The molecule has 0 amide bonds. The van der Waals surface area contributed by atoms with Crippen molar-refractivity contribution in [2.45, 2.75) is 12.3 Å². The van der Waals surface area contributed by atoms with E-state index in [2.05, 4.69) is 41.7 Å². The van der Waals surface area contributed by atoms with Crippen molar-refractivity contribution >= 4 is 16.8 Å². The highest BCUT2D eigenvalue weighted by atomic mass is 32.2. The third-order valence-electron chi connectivity index (χ3n) is 3.29. The second-order valence-corrected chi connectivity index (χ2v) is 5.73. The number of thioether (sulfide) groups is 1. The van der Waals surface area contributed by atoms with E-state index in [1.165, 1.54) is 11.1 Å². The van der Waals surface area contributed by atoms with Gasteiger partial charge in [0.2, 0.25) is 0 Å². The van der Waals surface area contributed by atoms with Crippen LogP contribution in [0.1, 0.15) is 22.1 Å². The Kier molecular flexibility index (Phi) is 3.65. The van der Waals surface area contributed by atoms with Crippen molar-refractivity contribution in [2.75, 3.05) is 7.11 Å². The lowest BCUT2D eigenvalue weighted by atomic mass is 10.1. The lowest BCUT2D eigenvalue weighted by Crippen LogP contribution is -2.08. The van der Waals surface area contributed by atoms with Gasteiger partial charge in [-0.3, -0.25) is 5.43 Å². The number of hydrogen-bond acceptors (Lipinski definition) is 4.